The van der Waals surface area contributed by atoms with E-state index in [1.807, 2.05) is 31.2 Å². The molecule has 0 bridgehead atoms. The second-order valence-electron chi connectivity index (χ2n) is 10.7. The number of hydrazone groups is 1. The number of para-hydroxylation sites is 1. The number of aryl methyl sites for hydroxylation is 1. The van der Waals surface area contributed by atoms with E-state index in [1.54, 1.807) is 30.3 Å². The van der Waals surface area contributed by atoms with Crippen LogP contribution in [0.25, 0.3) is 11.3 Å². The fourth-order valence-corrected chi connectivity index (χ4v) is 5.22. The number of nitrogens with zero attached hydrogens (tertiary/aromatic N) is 6. The van der Waals surface area contributed by atoms with Crippen molar-refractivity contribution in [3.63, 3.8) is 0 Å². The van der Waals surface area contributed by atoms with E-state index in [1.165, 1.54) is 17.8 Å². The van der Waals surface area contributed by atoms with Gasteiger partial charge in [0.05, 0.1) is 16.7 Å². The quantitative estimate of drug-likeness (QED) is 0.100. The van der Waals surface area contributed by atoms with Gasteiger partial charge in [-0.1, -0.05) is 60.2 Å². The smallest absolute Gasteiger partial charge is 0.280 e. The van der Waals surface area contributed by atoms with Crippen molar-refractivity contribution in [3.05, 3.63) is 118 Å². The van der Waals surface area contributed by atoms with Gasteiger partial charge in [0, 0.05) is 24.8 Å². The van der Waals surface area contributed by atoms with Crippen LogP contribution in [0.2, 0.25) is 0 Å². The summed E-state index contributed by atoms with van der Waals surface area (Å²) in [6.45, 7) is 3.72. The molecule has 1 fully saturated rings. The van der Waals surface area contributed by atoms with E-state index in [2.05, 4.69) is 61.0 Å². The van der Waals surface area contributed by atoms with Crippen molar-refractivity contribution in [1.29, 1.82) is 0 Å². The first-order chi connectivity index (χ1) is 21.5. The molecule has 44 heavy (non-hydrogen) atoms. The molecule has 0 spiro atoms. The second-order valence-corrected chi connectivity index (χ2v) is 10.7. The molecule has 3 heterocycles. The lowest BCUT2D eigenvalue weighted by Gasteiger charge is -2.32. The molecule has 0 amide bonds. The summed E-state index contributed by atoms with van der Waals surface area (Å²) in [5.41, 5.74) is 6.65. The molecule has 222 valence electrons. The lowest BCUT2D eigenvalue weighted by Crippen LogP contribution is -2.35. The van der Waals surface area contributed by atoms with E-state index in [0.717, 1.165) is 43.6 Å². The van der Waals surface area contributed by atoms with Gasteiger partial charge in [0.15, 0.2) is 0 Å². The molecule has 0 unspecified atom stereocenters. The zero-order valence-corrected chi connectivity index (χ0v) is 24.3. The van der Waals surface area contributed by atoms with E-state index < -0.39 is 4.92 Å². The molecule has 0 aliphatic carbocycles. The summed E-state index contributed by atoms with van der Waals surface area (Å²) < 4.78 is 5.81. The average molecular weight is 589 g/mol. The third kappa shape index (κ3) is 7.06. The van der Waals surface area contributed by atoms with Gasteiger partial charge in [-0.2, -0.15) is 20.1 Å². The first-order valence-corrected chi connectivity index (χ1v) is 14.5. The summed E-state index contributed by atoms with van der Waals surface area (Å²) in [5, 5.41) is 19.0. The fourth-order valence-electron chi connectivity index (χ4n) is 5.22. The van der Waals surface area contributed by atoms with Crippen LogP contribution in [-0.4, -0.2) is 39.2 Å². The Labute approximate surface area is 254 Å². The molecular weight excluding hydrogens is 556 g/mol. The Balaban J connectivity index is 1.18. The molecule has 0 atom stereocenters. The van der Waals surface area contributed by atoms with E-state index in [9.17, 15) is 10.1 Å². The van der Waals surface area contributed by atoms with Crippen LogP contribution in [0.1, 0.15) is 29.7 Å². The van der Waals surface area contributed by atoms with Gasteiger partial charge < -0.3 is 14.6 Å². The Kier molecular flexibility index (Phi) is 8.53. The largest absolute Gasteiger partial charge is 0.455 e. The molecule has 0 radical (unpaired) electrons. The Morgan fingerprint density at radius 1 is 0.932 bits per heavy atom. The first kappa shape index (κ1) is 28.5. The topological polar surface area (TPSA) is 135 Å². The monoisotopic (exact) mass is 588 g/mol. The van der Waals surface area contributed by atoms with Gasteiger partial charge in [0.25, 0.3) is 5.69 Å². The predicted octanol–water partition coefficient (Wildman–Crippen LogP) is 7.00. The van der Waals surface area contributed by atoms with E-state index in [-0.39, 0.29) is 11.6 Å². The molecule has 3 aromatic carbocycles. The molecule has 2 N–H and O–H groups in total. The number of nitro groups is 1. The van der Waals surface area contributed by atoms with E-state index in [0.29, 0.717) is 34.9 Å². The highest BCUT2D eigenvalue weighted by Crippen LogP contribution is 2.31. The van der Waals surface area contributed by atoms with Crippen LogP contribution in [0, 0.1) is 23.0 Å². The highest BCUT2D eigenvalue weighted by molar-refractivity contribution is 5.79. The van der Waals surface area contributed by atoms with E-state index >= 15 is 0 Å². The Morgan fingerprint density at radius 2 is 1.66 bits per heavy atom. The van der Waals surface area contributed by atoms with Crippen LogP contribution in [0.5, 0.6) is 0 Å². The van der Waals surface area contributed by atoms with Crippen LogP contribution in [0.3, 0.4) is 0 Å². The van der Waals surface area contributed by atoms with Gasteiger partial charge >= 0.3 is 0 Å². The van der Waals surface area contributed by atoms with Gasteiger partial charge in [0.2, 0.25) is 17.8 Å². The molecule has 5 aromatic rings. The minimum absolute atomic E-state index is 0.0288. The predicted molar refractivity (Wildman–Crippen MR) is 171 cm³/mol. The van der Waals surface area contributed by atoms with E-state index in [4.69, 9.17) is 9.40 Å². The molecule has 11 heteroatoms. The van der Waals surface area contributed by atoms with Crippen molar-refractivity contribution in [2.75, 3.05) is 28.7 Å². The minimum Gasteiger partial charge on any atom is -0.455 e. The van der Waals surface area contributed by atoms with Gasteiger partial charge in [-0.3, -0.25) is 10.1 Å². The zero-order chi connectivity index (χ0) is 30.3. The van der Waals surface area contributed by atoms with Gasteiger partial charge in [-0.15, -0.1) is 0 Å². The summed E-state index contributed by atoms with van der Waals surface area (Å²) in [6.07, 6.45) is 4.63. The summed E-state index contributed by atoms with van der Waals surface area (Å²) in [5.74, 6) is 2.65. The van der Waals surface area contributed by atoms with Crippen LogP contribution in [0.15, 0.2) is 101 Å². The molecule has 0 saturated carbocycles. The number of rotatable bonds is 10. The molecule has 1 saturated heterocycles. The normalized spacial score (nSPS) is 13.7. The molecule has 2 aromatic heterocycles. The van der Waals surface area contributed by atoms with Crippen molar-refractivity contribution in [2.45, 2.75) is 26.2 Å². The molecule has 6 rings (SSSR count). The minimum atomic E-state index is -0.431. The van der Waals surface area contributed by atoms with Gasteiger partial charge in [-0.05, 0) is 68.0 Å². The number of aromatic nitrogens is 3. The zero-order valence-electron chi connectivity index (χ0n) is 24.3. The maximum absolute atomic E-state index is 11.4. The molecule has 1 aliphatic rings. The highest BCUT2D eigenvalue weighted by atomic mass is 16.6. The Morgan fingerprint density at radius 3 is 2.43 bits per heavy atom. The number of anilines is 4. The maximum atomic E-state index is 11.4. The van der Waals surface area contributed by atoms with Crippen molar-refractivity contribution in [1.82, 2.24) is 15.0 Å². The van der Waals surface area contributed by atoms with Gasteiger partial charge in [0.1, 0.15) is 11.5 Å². The number of benzene rings is 3. The second kappa shape index (κ2) is 13.2. The number of piperidine rings is 1. The fraction of sp³-hybridized carbons (Fsp3) is 0.212. The Bertz CT molecular complexity index is 1750. The third-order valence-electron chi connectivity index (χ3n) is 7.55. The van der Waals surface area contributed by atoms with Crippen LogP contribution in [0.4, 0.5) is 29.2 Å². The number of nitrogens with one attached hydrogen (secondary N) is 2. The Hall–Kier alpha value is -5.58. The number of hydrogen-bond donors (Lipinski definition) is 2. The molecule has 1 aliphatic heterocycles. The number of furan rings is 1. The SMILES string of the molecule is Cc1ccc(Nc2nc(NN=Cc3ccc(-c4ccccc4[N+](=O)[O-])o3)nc(N3CCC(Cc4ccccc4)CC3)n2)cc1. The summed E-state index contributed by atoms with van der Waals surface area (Å²) in [7, 11) is 0. The van der Waals surface area contributed by atoms with Crippen LogP contribution >= 0.6 is 0 Å². The summed E-state index contributed by atoms with van der Waals surface area (Å²) in [4.78, 5) is 27.1. The van der Waals surface area contributed by atoms with Crippen LogP contribution < -0.4 is 15.6 Å². The van der Waals surface area contributed by atoms with Crippen molar-refractivity contribution < 1.29 is 9.34 Å². The van der Waals surface area contributed by atoms with Crippen molar-refractivity contribution in [3.8, 4) is 11.3 Å². The first-order valence-electron chi connectivity index (χ1n) is 14.5. The lowest BCUT2D eigenvalue weighted by atomic mass is 9.90. The number of hydrogen-bond acceptors (Lipinski definition) is 10. The van der Waals surface area contributed by atoms with Gasteiger partial charge in [-0.25, -0.2) is 5.43 Å². The average Bonchev–Trinajstić information content (AvgIpc) is 3.52. The van der Waals surface area contributed by atoms with Crippen molar-refractivity contribution in [2.24, 2.45) is 11.0 Å². The maximum Gasteiger partial charge on any atom is 0.280 e. The molecule has 11 nitrogen and oxygen atoms in total. The lowest BCUT2D eigenvalue weighted by molar-refractivity contribution is -0.384. The standard InChI is InChI=1S/C33H32N8O3/c1-23-11-13-26(14-12-23)35-31-36-32(38-33(37-31)40-19-17-25(18-20-40)21-24-7-3-2-4-8-24)39-34-22-27-15-16-30(44-27)28-9-5-6-10-29(28)41(42)43/h2-16,22,25H,17-21H2,1H3,(H2,35,36,37,38,39). The summed E-state index contributed by atoms with van der Waals surface area (Å²) in [6, 6.07) is 28.4. The third-order valence-corrected chi connectivity index (χ3v) is 7.55. The molecular formula is C33H32N8O3. The highest BCUT2D eigenvalue weighted by Gasteiger charge is 2.23. The van der Waals surface area contributed by atoms with Crippen LogP contribution in [-0.2, 0) is 6.42 Å². The van der Waals surface area contributed by atoms with Crippen molar-refractivity contribution >= 4 is 35.4 Å². The number of nitro benzene ring substituents is 1. The summed E-state index contributed by atoms with van der Waals surface area (Å²) >= 11 is 0.